The molecule has 3 nitrogen and oxygen atoms in total. The summed E-state index contributed by atoms with van der Waals surface area (Å²) in [5.74, 6) is 0. The molecule has 0 heterocycles. The molecule has 0 bridgehead atoms. The van der Waals surface area contributed by atoms with Gasteiger partial charge in [0.2, 0.25) is 0 Å². The molecule has 11 heavy (non-hydrogen) atoms. The van der Waals surface area contributed by atoms with Crippen molar-refractivity contribution >= 4 is 9.53 Å². The Labute approximate surface area is 70.9 Å². The zero-order chi connectivity index (χ0) is 9.28. The van der Waals surface area contributed by atoms with Crippen LogP contribution < -0.4 is 0 Å². The molecule has 0 aromatic carbocycles. The molecular formula is C7H18O3Si. The average molecular weight is 178 g/mol. The van der Waals surface area contributed by atoms with Crippen molar-refractivity contribution < 1.29 is 13.3 Å². The van der Waals surface area contributed by atoms with E-state index in [2.05, 4.69) is 6.58 Å². The molecule has 4 heteroatoms. The minimum Gasteiger partial charge on any atom is -0.379 e. The topological polar surface area (TPSA) is 27.7 Å². The average Bonchev–Trinajstić information content (AvgIpc) is 1.90. The van der Waals surface area contributed by atoms with E-state index in [4.69, 9.17) is 13.3 Å². The van der Waals surface area contributed by atoms with Gasteiger partial charge in [0.1, 0.15) is 0 Å². The molecule has 0 aliphatic heterocycles. The minimum atomic E-state index is -1.67. The largest absolute Gasteiger partial charge is 0.483 e. The van der Waals surface area contributed by atoms with Crippen molar-refractivity contribution in [3.8, 4) is 0 Å². The highest BCUT2D eigenvalue weighted by Crippen LogP contribution is 1.81. The monoisotopic (exact) mass is 178 g/mol. The maximum atomic E-state index is 4.74. The molecule has 0 rings (SSSR count). The van der Waals surface area contributed by atoms with Crippen molar-refractivity contribution in [2.24, 2.45) is 0 Å². The van der Waals surface area contributed by atoms with Crippen molar-refractivity contribution in [2.75, 3.05) is 21.3 Å². The second kappa shape index (κ2) is 9.84. The van der Waals surface area contributed by atoms with E-state index < -0.39 is 9.53 Å². The van der Waals surface area contributed by atoms with E-state index in [9.17, 15) is 0 Å². The summed E-state index contributed by atoms with van der Waals surface area (Å²) < 4.78 is 14.2. The molecule has 0 radical (unpaired) electrons. The Morgan fingerprint density at radius 1 is 1.00 bits per heavy atom. The van der Waals surface area contributed by atoms with Gasteiger partial charge in [-0.15, -0.1) is 6.58 Å². The van der Waals surface area contributed by atoms with Gasteiger partial charge in [-0.05, 0) is 13.8 Å². The highest BCUT2D eigenvalue weighted by molar-refractivity contribution is 6.36. The Morgan fingerprint density at radius 2 is 1.18 bits per heavy atom. The van der Waals surface area contributed by atoms with E-state index in [0.717, 1.165) is 0 Å². The lowest BCUT2D eigenvalue weighted by Crippen LogP contribution is -2.21. The highest BCUT2D eigenvalue weighted by atomic mass is 28.3. The van der Waals surface area contributed by atoms with Crippen LogP contribution in [0.3, 0.4) is 0 Å². The third-order valence-electron chi connectivity index (χ3n) is 0.577. The molecule has 0 N–H and O–H groups in total. The summed E-state index contributed by atoms with van der Waals surface area (Å²) in [4.78, 5) is 0. The first-order valence-corrected chi connectivity index (χ1v) is 4.70. The number of hydrogen-bond donors (Lipinski definition) is 0. The maximum Gasteiger partial charge on any atom is 0.483 e. The van der Waals surface area contributed by atoms with Crippen LogP contribution in [0.25, 0.3) is 0 Å². The summed E-state index contributed by atoms with van der Waals surface area (Å²) in [6.07, 6.45) is 0. The second-order valence-corrected chi connectivity index (χ2v) is 4.19. The van der Waals surface area contributed by atoms with Gasteiger partial charge in [0, 0.05) is 21.3 Å². The fourth-order valence-electron chi connectivity index (χ4n) is 0.289. The van der Waals surface area contributed by atoms with Crippen LogP contribution in [0.1, 0.15) is 13.8 Å². The third kappa shape index (κ3) is 17.7. The molecule has 0 spiro atoms. The Morgan fingerprint density at radius 3 is 1.18 bits per heavy atom. The lowest BCUT2D eigenvalue weighted by atomic mass is 10.4. The van der Waals surface area contributed by atoms with Gasteiger partial charge in [0.25, 0.3) is 0 Å². The van der Waals surface area contributed by atoms with Crippen LogP contribution in [0.4, 0.5) is 0 Å². The molecule has 0 aliphatic rings. The van der Waals surface area contributed by atoms with E-state index in [0.29, 0.717) is 0 Å². The predicted molar refractivity (Wildman–Crippen MR) is 48.7 cm³/mol. The first-order valence-electron chi connectivity index (χ1n) is 3.29. The van der Waals surface area contributed by atoms with Crippen molar-refractivity contribution in [1.29, 1.82) is 0 Å². The van der Waals surface area contributed by atoms with Crippen molar-refractivity contribution in [3.05, 3.63) is 12.2 Å². The SMILES string of the molecule is C=C(C)C.CO[SiH](OC)OC. The molecule has 0 amide bonds. The van der Waals surface area contributed by atoms with Crippen LogP contribution in [0.15, 0.2) is 12.2 Å². The van der Waals surface area contributed by atoms with Crippen molar-refractivity contribution in [2.45, 2.75) is 13.8 Å². The van der Waals surface area contributed by atoms with Crippen LogP contribution in [-0.4, -0.2) is 30.9 Å². The summed E-state index contributed by atoms with van der Waals surface area (Å²) in [7, 11) is 3.05. The van der Waals surface area contributed by atoms with Gasteiger partial charge in [-0.1, -0.05) is 5.57 Å². The van der Waals surface area contributed by atoms with Crippen molar-refractivity contribution in [3.63, 3.8) is 0 Å². The lowest BCUT2D eigenvalue weighted by molar-refractivity contribution is 0.163. The zero-order valence-corrected chi connectivity index (χ0v) is 9.16. The summed E-state index contributed by atoms with van der Waals surface area (Å²) in [6.45, 7) is 7.50. The molecule has 0 fully saturated rings. The molecule has 0 aromatic heterocycles. The number of rotatable bonds is 3. The summed E-state index contributed by atoms with van der Waals surface area (Å²) in [5.41, 5.74) is 1.17. The molecule has 0 atom stereocenters. The number of hydrogen-bond acceptors (Lipinski definition) is 3. The van der Waals surface area contributed by atoms with Crippen LogP contribution in [0.5, 0.6) is 0 Å². The van der Waals surface area contributed by atoms with E-state index >= 15 is 0 Å². The van der Waals surface area contributed by atoms with Gasteiger partial charge in [-0.25, -0.2) is 0 Å². The smallest absolute Gasteiger partial charge is 0.379 e. The Balaban J connectivity index is 0. The number of allylic oxidation sites excluding steroid dienone is 1. The van der Waals surface area contributed by atoms with E-state index in [-0.39, 0.29) is 0 Å². The van der Waals surface area contributed by atoms with E-state index in [1.54, 1.807) is 21.3 Å². The molecule has 0 aromatic rings. The van der Waals surface area contributed by atoms with E-state index in [1.165, 1.54) is 5.57 Å². The molecule has 0 unspecified atom stereocenters. The fourth-order valence-corrected chi connectivity index (χ4v) is 0.866. The van der Waals surface area contributed by atoms with Crippen molar-refractivity contribution in [1.82, 2.24) is 0 Å². The van der Waals surface area contributed by atoms with Gasteiger partial charge < -0.3 is 13.3 Å². The zero-order valence-electron chi connectivity index (χ0n) is 8.01. The molecule has 68 valence electrons. The molecule has 0 aliphatic carbocycles. The van der Waals surface area contributed by atoms with Crippen LogP contribution in [0.2, 0.25) is 0 Å². The fraction of sp³-hybridized carbons (Fsp3) is 0.714. The standard InChI is InChI=1S/C4H8.C3H10O3Si/c1-4(2)3;1-4-7(5-2)6-3/h1H2,2-3H3;7H,1-3H3. The molecule has 0 saturated heterocycles. The predicted octanol–water partition coefficient (Wildman–Crippen LogP) is 1.23. The highest BCUT2D eigenvalue weighted by Gasteiger charge is 2.04. The summed E-state index contributed by atoms with van der Waals surface area (Å²) >= 11 is 0. The van der Waals surface area contributed by atoms with Gasteiger partial charge in [-0.3, -0.25) is 0 Å². The molecular weight excluding hydrogens is 160 g/mol. The normalized spacial score (nSPS) is 8.91. The van der Waals surface area contributed by atoms with Crippen LogP contribution in [-0.2, 0) is 13.3 Å². The first kappa shape index (κ1) is 13.4. The van der Waals surface area contributed by atoms with Gasteiger partial charge in [0.15, 0.2) is 0 Å². The quantitative estimate of drug-likeness (QED) is 0.480. The van der Waals surface area contributed by atoms with Crippen LogP contribution in [0, 0.1) is 0 Å². The Hall–Kier alpha value is -0.163. The maximum absolute atomic E-state index is 4.74. The Bertz CT molecular complexity index is 82.2. The van der Waals surface area contributed by atoms with E-state index in [1.807, 2.05) is 13.8 Å². The second-order valence-electron chi connectivity index (χ2n) is 2.20. The molecule has 0 saturated carbocycles. The van der Waals surface area contributed by atoms with Gasteiger partial charge >= 0.3 is 9.53 Å². The van der Waals surface area contributed by atoms with Crippen LogP contribution >= 0.6 is 0 Å². The summed E-state index contributed by atoms with van der Waals surface area (Å²) in [6, 6.07) is 0. The minimum absolute atomic E-state index is 1.17. The van der Waals surface area contributed by atoms with Gasteiger partial charge in [-0.2, -0.15) is 0 Å². The third-order valence-corrected chi connectivity index (χ3v) is 1.73. The lowest BCUT2D eigenvalue weighted by Gasteiger charge is -2.05. The summed E-state index contributed by atoms with van der Waals surface area (Å²) in [5, 5.41) is 0. The van der Waals surface area contributed by atoms with Gasteiger partial charge in [0.05, 0.1) is 0 Å². The Kier molecular flexibility index (Phi) is 12.0. The first-order chi connectivity index (χ1) is 5.08.